The number of nitrogens with one attached hydrogen (secondary N) is 1. The van der Waals surface area contributed by atoms with Gasteiger partial charge >= 0.3 is 0 Å². The molecule has 0 amide bonds. The fraction of sp³-hybridized carbons (Fsp3) is 0.300. The third-order valence-corrected chi connectivity index (χ3v) is 2.99. The monoisotopic (exact) mass is 226 g/mol. The third-order valence-electron chi connectivity index (χ3n) is 1.89. The van der Waals surface area contributed by atoms with Crippen LogP contribution in [0.5, 0.6) is 5.75 Å². The Bertz CT molecular complexity index is 469. The molecule has 0 bridgehead atoms. The number of aromatic amines is 1. The number of phenolic OH excluding ortho intramolecular Hbond substituents is 1. The molecule has 0 saturated carbocycles. The van der Waals surface area contributed by atoms with Gasteiger partial charge < -0.3 is 10.1 Å². The second kappa shape index (κ2) is 4.10. The lowest BCUT2D eigenvalue weighted by Gasteiger charge is -1.96. The Balaban J connectivity index is 2.23. The largest absolute Gasteiger partial charge is 0.508 e. The second-order valence-corrected chi connectivity index (χ2v) is 4.34. The first-order valence-electron chi connectivity index (χ1n) is 4.61. The van der Waals surface area contributed by atoms with E-state index in [2.05, 4.69) is 9.97 Å². The van der Waals surface area contributed by atoms with E-state index in [1.807, 2.05) is 0 Å². The van der Waals surface area contributed by atoms with Gasteiger partial charge in [-0.3, -0.25) is 0 Å². The summed E-state index contributed by atoms with van der Waals surface area (Å²) in [6.07, 6.45) is -0.850. The molecule has 1 atom stereocenters. The molecular formula is C10H11FN2OS. The number of phenols is 1. The molecule has 0 fully saturated rings. The molecule has 0 aliphatic heterocycles. The number of benzene rings is 1. The zero-order chi connectivity index (χ0) is 10.8. The number of H-pyrrole nitrogens is 1. The van der Waals surface area contributed by atoms with Crippen LogP contribution in [0, 0.1) is 0 Å². The number of aromatic hydroxyl groups is 1. The minimum Gasteiger partial charge on any atom is -0.508 e. The molecule has 1 aromatic carbocycles. The Kier molecular flexibility index (Phi) is 2.81. The number of aromatic nitrogens is 2. The summed E-state index contributed by atoms with van der Waals surface area (Å²) >= 11 is 1.34. The van der Waals surface area contributed by atoms with Crippen LogP contribution < -0.4 is 0 Å². The molecule has 2 N–H and O–H groups in total. The van der Waals surface area contributed by atoms with E-state index >= 15 is 0 Å². The molecule has 2 rings (SSSR count). The van der Waals surface area contributed by atoms with Gasteiger partial charge in [0.25, 0.3) is 0 Å². The summed E-state index contributed by atoms with van der Waals surface area (Å²) in [5.41, 5.74) is 1.55. The normalized spacial score (nSPS) is 13.2. The number of hydrogen-bond acceptors (Lipinski definition) is 3. The molecule has 15 heavy (non-hydrogen) atoms. The minimum absolute atomic E-state index is 0.196. The summed E-state index contributed by atoms with van der Waals surface area (Å²) in [6, 6.07) is 4.91. The molecule has 0 radical (unpaired) electrons. The van der Waals surface area contributed by atoms with E-state index in [-0.39, 0.29) is 5.75 Å². The number of nitrogens with zero attached hydrogens (tertiary/aromatic N) is 1. The Hall–Kier alpha value is -1.23. The molecule has 1 aromatic heterocycles. The Morgan fingerprint density at radius 3 is 3.13 bits per heavy atom. The summed E-state index contributed by atoms with van der Waals surface area (Å²) in [5, 5.41) is 9.92. The highest BCUT2D eigenvalue weighted by molar-refractivity contribution is 7.99. The van der Waals surface area contributed by atoms with Crippen molar-refractivity contribution in [1.82, 2.24) is 9.97 Å². The van der Waals surface area contributed by atoms with Gasteiger partial charge in [0.15, 0.2) is 5.16 Å². The van der Waals surface area contributed by atoms with Crippen molar-refractivity contribution in [3.63, 3.8) is 0 Å². The molecule has 2 aromatic rings. The van der Waals surface area contributed by atoms with Crippen molar-refractivity contribution < 1.29 is 9.50 Å². The zero-order valence-electron chi connectivity index (χ0n) is 8.20. The van der Waals surface area contributed by atoms with E-state index < -0.39 is 6.17 Å². The van der Waals surface area contributed by atoms with Crippen molar-refractivity contribution in [3.05, 3.63) is 18.2 Å². The van der Waals surface area contributed by atoms with Gasteiger partial charge in [0.2, 0.25) is 0 Å². The first-order chi connectivity index (χ1) is 7.15. The van der Waals surface area contributed by atoms with Crippen LogP contribution in [-0.4, -0.2) is 27.0 Å². The van der Waals surface area contributed by atoms with E-state index in [4.69, 9.17) is 0 Å². The lowest BCUT2D eigenvalue weighted by atomic mass is 10.3. The van der Waals surface area contributed by atoms with Crippen molar-refractivity contribution in [2.45, 2.75) is 18.3 Å². The second-order valence-electron chi connectivity index (χ2n) is 3.34. The average Bonchev–Trinajstić information content (AvgIpc) is 2.56. The highest BCUT2D eigenvalue weighted by Gasteiger charge is 2.06. The molecule has 0 saturated heterocycles. The standard InChI is InChI=1S/C10H11FN2OS/c1-6(11)5-15-10-12-8-3-2-7(14)4-9(8)13-10/h2-4,6,14H,5H2,1H3,(H,12,13). The van der Waals surface area contributed by atoms with Gasteiger partial charge in [-0.05, 0) is 19.1 Å². The minimum atomic E-state index is -0.850. The van der Waals surface area contributed by atoms with E-state index in [9.17, 15) is 9.50 Å². The number of imidazole rings is 1. The smallest absolute Gasteiger partial charge is 0.166 e. The molecular weight excluding hydrogens is 215 g/mol. The first-order valence-corrected chi connectivity index (χ1v) is 5.59. The van der Waals surface area contributed by atoms with E-state index in [1.54, 1.807) is 18.2 Å². The highest BCUT2D eigenvalue weighted by atomic mass is 32.2. The van der Waals surface area contributed by atoms with Gasteiger partial charge in [0.05, 0.1) is 11.0 Å². The number of hydrogen-bond donors (Lipinski definition) is 2. The van der Waals surface area contributed by atoms with Crippen LogP contribution in [-0.2, 0) is 0 Å². The Labute approximate surface area is 90.7 Å². The van der Waals surface area contributed by atoms with Crippen molar-refractivity contribution in [1.29, 1.82) is 0 Å². The molecule has 3 nitrogen and oxygen atoms in total. The number of halogens is 1. The lowest BCUT2D eigenvalue weighted by Crippen LogP contribution is -1.95. The maximum absolute atomic E-state index is 12.6. The lowest BCUT2D eigenvalue weighted by molar-refractivity contribution is 0.397. The molecule has 1 unspecified atom stereocenters. The summed E-state index contributed by atoms with van der Waals surface area (Å²) < 4.78 is 12.6. The van der Waals surface area contributed by atoms with Gasteiger partial charge in [-0.15, -0.1) is 0 Å². The molecule has 0 aliphatic carbocycles. The van der Waals surface area contributed by atoms with Gasteiger partial charge in [0.1, 0.15) is 11.9 Å². The number of fused-ring (bicyclic) bond motifs is 1. The van der Waals surface area contributed by atoms with E-state index in [0.29, 0.717) is 10.9 Å². The third kappa shape index (κ3) is 2.41. The van der Waals surface area contributed by atoms with Crippen LogP contribution in [0.3, 0.4) is 0 Å². The fourth-order valence-electron chi connectivity index (χ4n) is 1.24. The van der Waals surface area contributed by atoms with Crippen LogP contribution in [0.4, 0.5) is 4.39 Å². The molecule has 80 valence electrons. The Morgan fingerprint density at radius 1 is 1.60 bits per heavy atom. The van der Waals surface area contributed by atoms with Crippen LogP contribution in [0.25, 0.3) is 11.0 Å². The number of thioether (sulfide) groups is 1. The first kappa shape index (κ1) is 10.3. The average molecular weight is 226 g/mol. The maximum Gasteiger partial charge on any atom is 0.166 e. The summed E-state index contributed by atoms with van der Waals surface area (Å²) in [7, 11) is 0. The van der Waals surface area contributed by atoms with E-state index in [0.717, 1.165) is 11.0 Å². The highest BCUT2D eigenvalue weighted by Crippen LogP contribution is 2.23. The van der Waals surface area contributed by atoms with Crippen LogP contribution in [0.15, 0.2) is 23.4 Å². The maximum atomic E-state index is 12.6. The van der Waals surface area contributed by atoms with Crippen LogP contribution in [0.1, 0.15) is 6.92 Å². The topological polar surface area (TPSA) is 48.9 Å². The van der Waals surface area contributed by atoms with Gasteiger partial charge in [0, 0.05) is 11.8 Å². The SMILES string of the molecule is CC(F)CSc1nc2ccc(O)cc2[nH]1. The predicted molar refractivity (Wildman–Crippen MR) is 59.1 cm³/mol. The van der Waals surface area contributed by atoms with Gasteiger partial charge in [-0.25, -0.2) is 9.37 Å². The molecule has 0 spiro atoms. The van der Waals surface area contributed by atoms with Crippen molar-refractivity contribution in [2.24, 2.45) is 0 Å². The summed E-state index contributed by atoms with van der Waals surface area (Å²) in [4.78, 5) is 7.27. The predicted octanol–water partition coefficient (Wildman–Crippen LogP) is 2.72. The Morgan fingerprint density at radius 2 is 2.40 bits per heavy atom. The van der Waals surface area contributed by atoms with Crippen molar-refractivity contribution >= 4 is 22.8 Å². The summed E-state index contributed by atoms with van der Waals surface area (Å²) in [5.74, 6) is 0.577. The van der Waals surface area contributed by atoms with Gasteiger partial charge in [-0.1, -0.05) is 11.8 Å². The van der Waals surface area contributed by atoms with Crippen LogP contribution >= 0.6 is 11.8 Å². The van der Waals surface area contributed by atoms with Gasteiger partial charge in [-0.2, -0.15) is 0 Å². The molecule has 1 heterocycles. The van der Waals surface area contributed by atoms with Crippen molar-refractivity contribution in [2.75, 3.05) is 5.75 Å². The van der Waals surface area contributed by atoms with Crippen molar-refractivity contribution in [3.8, 4) is 5.75 Å². The molecule has 0 aliphatic rings. The molecule has 5 heteroatoms. The van der Waals surface area contributed by atoms with E-state index in [1.165, 1.54) is 18.7 Å². The number of rotatable bonds is 3. The summed E-state index contributed by atoms with van der Waals surface area (Å²) in [6.45, 7) is 1.52. The quantitative estimate of drug-likeness (QED) is 0.791. The fourth-order valence-corrected chi connectivity index (χ4v) is 1.97. The number of alkyl halides is 1. The zero-order valence-corrected chi connectivity index (χ0v) is 9.01. The van der Waals surface area contributed by atoms with Crippen LogP contribution in [0.2, 0.25) is 0 Å².